The number of aliphatic carboxylic acids is 1. The number of carbonyl (C=O) groups is 2. The van der Waals surface area contributed by atoms with Crippen molar-refractivity contribution in [3.05, 3.63) is 18.6 Å². The molecule has 9 heteroatoms. The molecule has 0 unspecified atom stereocenters. The maximum atomic E-state index is 12.5. The van der Waals surface area contributed by atoms with Crippen molar-refractivity contribution in [3.63, 3.8) is 0 Å². The average Bonchev–Trinajstić information content (AvgIpc) is 3.21. The van der Waals surface area contributed by atoms with Crippen LogP contribution in [0.5, 0.6) is 0 Å². The quantitative estimate of drug-likeness (QED) is 0.757. The van der Waals surface area contributed by atoms with Crippen LogP contribution in [0.4, 0.5) is 0 Å². The maximum absolute atomic E-state index is 12.5. The Morgan fingerprint density at radius 1 is 1.33 bits per heavy atom. The first-order valence-electron chi connectivity index (χ1n) is 9.36. The van der Waals surface area contributed by atoms with E-state index < -0.39 is 5.97 Å². The fraction of sp³-hybridized carbons (Fsp3) is 0.611. The van der Waals surface area contributed by atoms with Crippen molar-refractivity contribution < 1.29 is 14.7 Å². The number of carboxylic acid groups (broad SMARTS) is 1. The molecule has 0 bridgehead atoms. The predicted octanol–water partition coefficient (Wildman–Crippen LogP) is 2.00. The Kier molecular flexibility index (Phi) is 5.57. The smallest absolute Gasteiger partial charge is 0.323 e. The molecule has 0 aliphatic heterocycles. The zero-order chi connectivity index (χ0) is 19.6. The number of rotatable bonds is 8. The summed E-state index contributed by atoms with van der Waals surface area (Å²) in [6, 6.07) is 0.401. The van der Waals surface area contributed by atoms with E-state index >= 15 is 0 Å². The van der Waals surface area contributed by atoms with E-state index in [1.54, 1.807) is 10.9 Å². The van der Waals surface area contributed by atoms with Crippen LogP contribution in [0.1, 0.15) is 52.1 Å². The Hall–Kier alpha value is -2.71. The Bertz CT molecular complexity index is 806. The molecule has 2 aromatic rings. The molecule has 0 atom stereocenters. The SMILES string of the molecule is CCCN(CC(=O)O)C(=O)C1CC(n2cc(-c3cnn(C(C)C)c3)nn2)C1. The number of aromatic nitrogens is 5. The lowest BCUT2D eigenvalue weighted by molar-refractivity contribution is -0.148. The van der Waals surface area contributed by atoms with Crippen molar-refractivity contribution in [1.82, 2.24) is 29.7 Å². The van der Waals surface area contributed by atoms with Crippen molar-refractivity contribution in [2.45, 2.75) is 52.1 Å². The van der Waals surface area contributed by atoms with Gasteiger partial charge in [-0.3, -0.25) is 14.3 Å². The van der Waals surface area contributed by atoms with Gasteiger partial charge in [0.2, 0.25) is 5.91 Å². The summed E-state index contributed by atoms with van der Waals surface area (Å²) in [5.41, 5.74) is 1.67. The summed E-state index contributed by atoms with van der Waals surface area (Å²) < 4.78 is 3.67. The van der Waals surface area contributed by atoms with Crippen molar-refractivity contribution in [2.24, 2.45) is 5.92 Å². The second-order valence-electron chi connectivity index (χ2n) is 7.36. The Morgan fingerprint density at radius 3 is 2.67 bits per heavy atom. The van der Waals surface area contributed by atoms with Gasteiger partial charge >= 0.3 is 5.97 Å². The summed E-state index contributed by atoms with van der Waals surface area (Å²) in [4.78, 5) is 24.9. The minimum absolute atomic E-state index is 0.0750. The highest BCUT2D eigenvalue weighted by Crippen LogP contribution is 2.38. The lowest BCUT2D eigenvalue weighted by Gasteiger charge is -2.36. The van der Waals surface area contributed by atoms with Crippen LogP contribution in [0.15, 0.2) is 18.6 Å². The molecule has 27 heavy (non-hydrogen) atoms. The molecule has 1 N–H and O–H groups in total. The van der Waals surface area contributed by atoms with E-state index in [4.69, 9.17) is 5.11 Å². The number of carboxylic acids is 1. The molecule has 1 aliphatic rings. The molecule has 146 valence electrons. The molecule has 0 saturated heterocycles. The molecule has 0 spiro atoms. The number of amides is 1. The number of hydrogen-bond acceptors (Lipinski definition) is 5. The minimum Gasteiger partial charge on any atom is -0.480 e. The molecular weight excluding hydrogens is 348 g/mol. The normalized spacial score (nSPS) is 19.1. The third-order valence-electron chi connectivity index (χ3n) is 4.90. The van der Waals surface area contributed by atoms with Gasteiger partial charge in [-0.05, 0) is 33.1 Å². The number of carbonyl (C=O) groups excluding carboxylic acids is 1. The zero-order valence-corrected chi connectivity index (χ0v) is 15.9. The molecule has 1 aliphatic carbocycles. The van der Waals surface area contributed by atoms with Gasteiger partial charge in [0.25, 0.3) is 0 Å². The highest BCUT2D eigenvalue weighted by atomic mass is 16.4. The lowest BCUT2D eigenvalue weighted by atomic mass is 9.79. The first kappa shape index (κ1) is 19.1. The molecule has 1 fully saturated rings. The predicted molar refractivity (Wildman–Crippen MR) is 97.9 cm³/mol. The molecule has 0 radical (unpaired) electrons. The number of hydrogen-bond donors (Lipinski definition) is 1. The van der Waals surface area contributed by atoms with Crippen molar-refractivity contribution in [3.8, 4) is 11.3 Å². The third-order valence-corrected chi connectivity index (χ3v) is 4.90. The monoisotopic (exact) mass is 374 g/mol. The van der Waals surface area contributed by atoms with Gasteiger partial charge in [0.05, 0.1) is 18.4 Å². The third kappa shape index (κ3) is 4.17. The van der Waals surface area contributed by atoms with Crippen LogP contribution in [0.2, 0.25) is 0 Å². The van der Waals surface area contributed by atoms with Crippen LogP contribution >= 0.6 is 0 Å². The minimum atomic E-state index is -0.976. The van der Waals surface area contributed by atoms with E-state index in [2.05, 4.69) is 29.3 Å². The van der Waals surface area contributed by atoms with Crippen LogP contribution in [-0.4, -0.2) is 59.7 Å². The fourth-order valence-corrected chi connectivity index (χ4v) is 3.30. The van der Waals surface area contributed by atoms with Crippen LogP contribution in [0, 0.1) is 5.92 Å². The summed E-state index contributed by atoms with van der Waals surface area (Å²) in [6.07, 6.45) is 7.66. The van der Waals surface area contributed by atoms with Crippen LogP contribution in [0.25, 0.3) is 11.3 Å². The Balaban J connectivity index is 1.60. The van der Waals surface area contributed by atoms with E-state index in [1.807, 2.05) is 24.0 Å². The van der Waals surface area contributed by atoms with Crippen LogP contribution in [-0.2, 0) is 9.59 Å². The summed E-state index contributed by atoms with van der Waals surface area (Å²) >= 11 is 0. The Labute approximate surface area is 158 Å². The van der Waals surface area contributed by atoms with Crippen LogP contribution < -0.4 is 0 Å². The largest absolute Gasteiger partial charge is 0.480 e. The first-order chi connectivity index (χ1) is 12.9. The van der Waals surface area contributed by atoms with E-state index in [1.165, 1.54) is 4.90 Å². The molecule has 2 heterocycles. The summed E-state index contributed by atoms with van der Waals surface area (Å²) in [5.74, 6) is -1.19. The molecule has 0 aromatic carbocycles. The molecular formula is C18H26N6O3. The molecule has 3 rings (SSSR count). The van der Waals surface area contributed by atoms with E-state index in [0.717, 1.165) is 17.7 Å². The van der Waals surface area contributed by atoms with Gasteiger partial charge in [0.1, 0.15) is 12.2 Å². The van der Waals surface area contributed by atoms with Gasteiger partial charge in [-0.15, -0.1) is 5.10 Å². The van der Waals surface area contributed by atoms with Crippen molar-refractivity contribution >= 4 is 11.9 Å². The van der Waals surface area contributed by atoms with Gasteiger partial charge in [-0.2, -0.15) is 5.10 Å². The molecule has 9 nitrogen and oxygen atoms in total. The molecule has 1 saturated carbocycles. The van der Waals surface area contributed by atoms with E-state index in [9.17, 15) is 9.59 Å². The van der Waals surface area contributed by atoms with Crippen LogP contribution in [0.3, 0.4) is 0 Å². The molecule has 1 amide bonds. The lowest BCUT2D eigenvalue weighted by Crippen LogP contribution is -2.44. The van der Waals surface area contributed by atoms with Gasteiger partial charge in [-0.1, -0.05) is 12.1 Å². The van der Waals surface area contributed by atoms with Gasteiger partial charge in [0, 0.05) is 30.3 Å². The summed E-state index contributed by atoms with van der Waals surface area (Å²) in [7, 11) is 0. The van der Waals surface area contributed by atoms with Gasteiger partial charge < -0.3 is 10.0 Å². The van der Waals surface area contributed by atoms with Gasteiger partial charge in [0.15, 0.2) is 0 Å². The summed E-state index contributed by atoms with van der Waals surface area (Å²) in [5, 5.41) is 21.7. The number of nitrogens with zero attached hydrogens (tertiary/aromatic N) is 6. The summed E-state index contributed by atoms with van der Waals surface area (Å²) in [6.45, 7) is 6.29. The standard InChI is InChI=1S/C18H26N6O3/c1-4-5-22(11-17(25)26)18(27)13-6-15(7-13)24-10-16(20-21-24)14-8-19-23(9-14)12(2)3/h8-10,12-13,15H,4-7,11H2,1-3H3,(H,25,26). The van der Waals surface area contributed by atoms with E-state index in [0.29, 0.717) is 19.4 Å². The first-order valence-corrected chi connectivity index (χ1v) is 9.36. The second-order valence-corrected chi connectivity index (χ2v) is 7.36. The highest BCUT2D eigenvalue weighted by Gasteiger charge is 2.38. The topological polar surface area (TPSA) is 106 Å². The van der Waals surface area contributed by atoms with Crippen molar-refractivity contribution in [1.29, 1.82) is 0 Å². The fourth-order valence-electron chi connectivity index (χ4n) is 3.30. The average molecular weight is 374 g/mol. The Morgan fingerprint density at radius 2 is 2.07 bits per heavy atom. The molecule has 2 aromatic heterocycles. The second kappa shape index (κ2) is 7.89. The van der Waals surface area contributed by atoms with Gasteiger partial charge in [-0.25, -0.2) is 4.68 Å². The zero-order valence-electron chi connectivity index (χ0n) is 15.9. The van der Waals surface area contributed by atoms with E-state index in [-0.39, 0.29) is 30.5 Å². The van der Waals surface area contributed by atoms with Crippen molar-refractivity contribution in [2.75, 3.05) is 13.1 Å². The maximum Gasteiger partial charge on any atom is 0.323 e. The highest BCUT2D eigenvalue weighted by molar-refractivity contribution is 5.83.